The van der Waals surface area contributed by atoms with E-state index < -0.39 is 17.7 Å². The first kappa shape index (κ1) is 27.8. The molecular formula is C25H29F4N3O3. The summed E-state index contributed by atoms with van der Waals surface area (Å²) in [6.07, 6.45) is -0.694. The van der Waals surface area contributed by atoms with E-state index in [0.29, 0.717) is 29.5 Å². The number of ether oxygens (including phenoxy) is 2. The summed E-state index contributed by atoms with van der Waals surface area (Å²) in [6, 6.07) is 4.64. The smallest absolute Gasteiger partial charge is 0.433 e. The maximum Gasteiger partial charge on any atom is 0.433 e. The molecule has 1 atom stereocenters. The predicted octanol–water partition coefficient (Wildman–Crippen LogP) is 6.29. The van der Waals surface area contributed by atoms with E-state index in [0.717, 1.165) is 30.9 Å². The normalized spacial score (nSPS) is 13.4. The van der Waals surface area contributed by atoms with Gasteiger partial charge in [-0.2, -0.15) is 18.2 Å². The van der Waals surface area contributed by atoms with E-state index in [1.54, 1.807) is 19.1 Å². The lowest BCUT2D eigenvalue weighted by Gasteiger charge is -2.23. The number of aromatic nitrogens is 1. The second kappa shape index (κ2) is 12.3. The number of amides is 1. The van der Waals surface area contributed by atoms with Gasteiger partial charge in [0.15, 0.2) is 11.6 Å². The number of benzene rings is 1. The number of carbonyl (C=O) groups excluding carboxylic acids is 1. The monoisotopic (exact) mass is 495 g/mol. The Labute approximate surface area is 202 Å². The summed E-state index contributed by atoms with van der Waals surface area (Å²) < 4.78 is 64.4. The molecule has 1 unspecified atom stereocenters. The van der Waals surface area contributed by atoms with Crippen molar-refractivity contribution >= 4 is 12.3 Å². The fraction of sp³-hybridized carbons (Fsp3) is 0.400. The summed E-state index contributed by atoms with van der Waals surface area (Å²) in [6.45, 7) is 8.40. The third-order valence-corrected chi connectivity index (χ3v) is 5.31. The van der Waals surface area contributed by atoms with Crippen LogP contribution in [0.2, 0.25) is 0 Å². The van der Waals surface area contributed by atoms with Crippen LogP contribution in [0.1, 0.15) is 44.0 Å². The molecule has 0 aliphatic heterocycles. The number of halogens is 4. The Balaban J connectivity index is 2.15. The highest BCUT2D eigenvalue weighted by Crippen LogP contribution is 2.33. The van der Waals surface area contributed by atoms with Crippen molar-refractivity contribution in [3.63, 3.8) is 0 Å². The number of allylic oxidation sites excluding steroid dienone is 1. The number of hydrogen-bond donors (Lipinski definition) is 0. The Bertz CT molecular complexity index is 1060. The molecule has 2 aromatic rings. The van der Waals surface area contributed by atoms with Crippen molar-refractivity contribution in [1.82, 2.24) is 9.88 Å². The summed E-state index contributed by atoms with van der Waals surface area (Å²) >= 11 is 0. The molecule has 1 amide bonds. The van der Waals surface area contributed by atoms with E-state index in [4.69, 9.17) is 9.47 Å². The zero-order valence-corrected chi connectivity index (χ0v) is 20.3. The van der Waals surface area contributed by atoms with Crippen LogP contribution in [0.4, 0.5) is 17.6 Å². The van der Waals surface area contributed by atoms with Crippen LogP contribution in [-0.4, -0.2) is 35.8 Å². The molecule has 0 saturated carbocycles. The van der Waals surface area contributed by atoms with Gasteiger partial charge >= 0.3 is 6.18 Å². The third-order valence-electron chi connectivity index (χ3n) is 5.31. The van der Waals surface area contributed by atoms with Gasteiger partial charge in [-0.3, -0.25) is 9.78 Å². The standard InChI is InChI=1S/C25H29F4N3O3/c1-6-16(2)13-32(5)18(4)10-23(31-15-33)34-14-19-9-17(3)24(21(26)11-19)35-20-7-8-30-22(12-20)25(27,28)29/h7-12,15-16H,6,13-14H2,1-5H3/b18-10-,31-23+. The van der Waals surface area contributed by atoms with E-state index in [9.17, 15) is 22.4 Å². The SMILES string of the molecule is CCC(C)CN(C)/C(C)=C\C(=N/C=O)OCc1cc(C)c(Oc2ccnc(C(F)(F)F)c2)c(F)c1. The summed E-state index contributed by atoms with van der Waals surface area (Å²) in [5.74, 6) is -0.626. The number of pyridine rings is 1. The Morgan fingerprint density at radius 3 is 2.60 bits per heavy atom. The Kier molecular flexibility index (Phi) is 9.79. The Morgan fingerprint density at radius 2 is 2.00 bits per heavy atom. The quantitative estimate of drug-likeness (QED) is 0.168. The molecular weight excluding hydrogens is 466 g/mol. The van der Waals surface area contributed by atoms with Gasteiger partial charge in [0.05, 0.1) is 0 Å². The van der Waals surface area contributed by atoms with E-state index in [1.807, 2.05) is 18.9 Å². The minimum Gasteiger partial charge on any atom is -0.473 e. The Hall–Kier alpha value is -3.43. The Morgan fingerprint density at radius 1 is 1.29 bits per heavy atom. The van der Waals surface area contributed by atoms with Crippen LogP contribution >= 0.6 is 0 Å². The maximum absolute atomic E-state index is 14.8. The molecule has 0 aliphatic rings. The average molecular weight is 496 g/mol. The largest absolute Gasteiger partial charge is 0.473 e. The van der Waals surface area contributed by atoms with Crippen molar-refractivity contribution in [2.24, 2.45) is 10.9 Å². The highest BCUT2D eigenvalue weighted by molar-refractivity contribution is 5.92. The second-order valence-corrected chi connectivity index (χ2v) is 8.24. The number of alkyl halides is 3. The minimum absolute atomic E-state index is 0.0726. The molecule has 6 nitrogen and oxygen atoms in total. The molecule has 0 saturated heterocycles. The van der Waals surface area contributed by atoms with Crippen LogP contribution in [0, 0.1) is 18.7 Å². The van der Waals surface area contributed by atoms with E-state index in [1.165, 1.54) is 6.07 Å². The third kappa shape index (κ3) is 8.38. The van der Waals surface area contributed by atoms with Crippen molar-refractivity contribution in [3.8, 4) is 11.5 Å². The zero-order valence-electron chi connectivity index (χ0n) is 20.3. The summed E-state index contributed by atoms with van der Waals surface area (Å²) in [5.41, 5.74) is 0.476. The number of carbonyl (C=O) groups is 1. The van der Waals surface area contributed by atoms with Gasteiger partial charge in [0, 0.05) is 37.6 Å². The molecule has 1 aromatic heterocycles. The lowest BCUT2D eigenvalue weighted by molar-refractivity contribution is -0.141. The van der Waals surface area contributed by atoms with Crippen molar-refractivity contribution in [2.45, 2.75) is 46.9 Å². The van der Waals surface area contributed by atoms with Crippen molar-refractivity contribution in [2.75, 3.05) is 13.6 Å². The van der Waals surface area contributed by atoms with Gasteiger partial charge in [-0.1, -0.05) is 20.3 Å². The molecule has 0 aliphatic carbocycles. The van der Waals surface area contributed by atoms with Gasteiger partial charge in [0.2, 0.25) is 12.3 Å². The highest BCUT2D eigenvalue weighted by atomic mass is 19.4. The molecule has 0 spiro atoms. The van der Waals surface area contributed by atoms with Gasteiger partial charge < -0.3 is 14.4 Å². The van der Waals surface area contributed by atoms with E-state index >= 15 is 0 Å². The van der Waals surface area contributed by atoms with E-state index in [-0.39, 0.29) is 24.0 Å². The first-order valence-corrected chi connectivity index (χ1v) is 11.0. The van der Waals surface area contributed by atoms with Gasteiger partial charge in [-0.15, -0.1) is 0 Å². The van der Waals surface area contributed by atoms with Crippen molar-refractivity contribution in [1.29, 1.82) is 0 Å². The van der Waals surface area contributed by atoms with Crippen LogP contribution in [-0.2, 0) is 22.3 Å². The average Bonchev–Trinajstić information content (AvgIpc) is 2.79. The number of aryl methyl sites for hydroxylation is 1. The lowest BCUT2D eigenvalue weighted by Crippen LogP contribution is -2.23. The molecule has 0 N–H and O–H groups in total. The van der Waals surface area contributed by atoms with Crippen LogP contribution in [0.5, 0.6) is 11.5 Å². The fourth-order valence-corrected chi connectivity index (χ4v) is 3.12. The first-order valence-electron chi connectivity index (χ1n) is 11.0. The molecule has 1 heterocycles. The number of nitrogens with zero attached hydrogens (tertiary/aromatic N) is 3. The summed E-state index contributed by atoms with van der Waals surface area (Å²) in [7, 11) is 1.93. The lowest BCUT2D eigenvalue weighted by atomic mass is 10.1. The zero-order chi connectivity index (χ0) is 26.2. The molecule has 0 radical (unpaired) electrons. The highest BCUT2D eigenvalue weighted by Gasteiger charge is 2.32. The molecule has 10 heteroatoms. The molecule has 1 aromatic carbocycles. The van der Waals surface area contributed by atoms with Crippen LogP contribution in [0.25, 0.3) is 0 Å². The maximum atomic E-state index is 14.8. The molecule has 2 rings (SSSR count). The first-order chi connectivity index (χ1) is 16.4. The van der Waals surface area contributed by atoms with Gasteiger partial charge in [-0.05, 0) is 49.1 Å². The number of rotatable bonds is 10. The minimum atomic E-state index is -4.65. The van der Waals surface area contributed by atoms with Crippen LogP contribution in [0.3, 0.4) is 0 Å². The molecule has 190 valence electrons. The van der Waals surface area contributed by atoms with Crippen molar-refractivity contribution < 1.29 is 31.8 Å². The van der Waals surface area contributed by atoms with Crippen LogP contribution < -0.4 is 4.74 Å². The topological polar surface area (TPSA) is 64.0 Å². The summed E-state index contributed by atoms with van der Waals surface area (Å²) in [5, 5.41) is 0. The van der Waals surface area contributed by atoms with Gasteiger partial charge in [0.25, 0.3) is 0 Å². The van der Waals surface area contributed by atoms with Gasteiger partial charge in [0.1, 0.15) is 18.1 Å². The number of aliphatic imine (C=N–C) groups is 1. The van der Waals surface area contributed by atoms with Gasteiger partial charge in [-0.25, -0.2) is 4.39 Å². The van der Waals surface area contributed by atoms with Crippen molar-refractivity contribution in [3.05, 3.63) is 64.9 Å². The second-order valence-electron chi connectivity index (χ2n) is 8.24. The molecule has 0 bridgehead atoms. The predicted molar refractivity (Wildman–Crippen MR) is 125 cm³/mol. The molecule has 35 heavy (non-hydrogen) atoms. The molecule has 0 fully saturated rings. The van der Waals surface area contributed by atoms with E-state index in [2.05, 4.69) is 23.8 Å². The fourth-order valence-electron chi connectivity index (χ4n) is 3.12. The van der Waals surface area contributed by atoms with Crippen LogP contribution in [0.15, 0.2) is 47.2 Å². The summed E-state index contributed by atoms with van der Waals surface area (Å²) in [4.78, 5) is 19.9. The number of hydrogen-bond acceptors (Lipinski definition) is 5.